The van der Waals surface area contributed by atoms with Crippen LogP contribution in [-0.2, 0) is 11.3 Å². The summed E-state index contributed by atoms with van der Waals surface area (Å²) in [7, 11) is 0. The Hall–Kier alpha value is -1.72. The minimum atomic E-state index is -3.03. The normalized spacial score (nSPS) is 22.3. The zero-order valence-corrected chi connectivity index (χ0v) is 20.0. The maximum atomic E-state index is 13.8. The maximum absolute atomic E-state index is 13.8. The van der Waals surface area contributed by atoms with E-state index in [0.29, 0.717) is 31.1 Å². The van der Waals surface area contributed by atoms with Crippen molar-refractivity contribution in [1.82, 2.24) is 9.88 Å². The summed E-state index contributed by atoms with van der Waals surface area (Å²) >= 11 is 1.25. The first kappa shape index (κ1) is 25.9. The predicted octanol–water partition coefficient (Wildman–Crippen LogP) is 4.50. The largest absolute Gasteiger partial charge is 0.434 e. The summed E-state index contributed by atoms with van der Waals surface area (Å²) < 4.78 is 49.8. The second kappa shape index (κ2) is 10.3. The minimum Gasteiger partial charge on any atom is -0.434 e. The Labute approximate surface area is 196 Å². The molecule has 184 valence electrons. The zero-order chi connectivity index (χ0) is 24.4. The molecule has 2 atom stereocenters. The van der Waals surface area contributed by atoms with Crippen molar-refractivity contribution >= 4 is 11.3 Å². The highest BCUT2D eigenvalue weighted by Crippen LogP contribution is 2.41. The molecule has 1 aromatic heterocycles. The average Bonchev–Trinajstić information content (AvgIpc) is 3.16. The molecule has 10 heteroatoms. The van der Waals surface area contributed by atoms with Gasteiger partial charge in [-0.3, -0.25) is 4.90 Å². The molecule has 1 aliphatic heterocycles. The van der Waals surface area contributed by atoms with Gasteiger partial charge in [-0.05, 0) is 42.9 Å². The molecule has 33 heavy (non-hydrogen) atoms. The Kier molecular flexibility index (Phi) is 8.06. The summed E-state index contributed by atoms with van der Waals surface area (Å²) in [5.74, 6) is -0.580. The number of aliphatic hydroxyl groups excluding tert-OH is 1. The number of ether oxygens (including phenoxy) is 2. The lowest BCUT2D eigenvalue weighted by Gasteiger charge is -2.50. The van der Waals surface area contributed by atoms with Gasteiger partial charge >= 0.3 is 6.61 Å². The number of hydrogen-bond acceptors (Lipinski definition) is 7. The summed E-state index contributed by atoms with van der Waals surface area (Å²) in [6.45, 7) is 6.96. The topological polar surface area (TPSA) is 75.0 Å². The van der Waals surface area contributed by atoms with Crippen LogP contribution < -0.4 is 4.74 Å². The molecule has 2 N–H and O–H groups in total. The van der Waals surface area contributed by atoms with Gasteiger partial charge in [-0.25, -0.2) is 9.37 Å². The smallest absolute Gasteiger partial charge is 0.387 e. The number of rotatable bonds is 8. The molecule has 0 radical (unpaired) electrons. The van der Waals surface area contributed by atoms with E-state index in [2.05, 4.69) is 35.4 Å². The van der Waals surface area contributed by atoms with Crippen molar-refractivity contribution in [2.45, 2.75) is 59.2 Å². The summed E-state index contributed by atoms with van der Waals surface area (Å²) in [6.07, 6.45) is 0.503. The summed E-state index contributed by atoms with van der Waals surface area (Å²) in [4.78, 5) is 7.22. The van der Waals surface area contributed by atoms with Gasteiger partial charge in [-0.2, -0.15) is 8.78 Å². The molecule has 0 aliphatic carbocycles. The number of alkyl halides is 2. The van der Waals surface area contributed by atoms with Gasteiger partial charge in [0.1, 0.15) is 22.2 Å². The first-order valence-electron chi connectivity index (χ1n) is 10.9. The maximum Gasteiger partial charge on any atom is 0.387 e. The molecule has 0 bridgehead atoms. The van der Waals surface area contributed by atoms with Crippen molar-refractivity contribution in [2.24, 2.45) is 11.3 Å². The number of thiazole rings is 1. The molecule has 2 aromatic rings. The lowest BCUT2D eigenvalue weighted by atomic mass is 9.71. The number of hydrogen-bond donors (Lipinski definition) is 2. The lowest BCUT2D eigenvalue weighted by Crippen LogP contribution is -2.60. The van der Waals surface area contributed by atoms with E-state index in [0.717, 1.165) is 29.6 Å². The molecule has 1 fully saturated rings. The van der Waals surface area contributed by atoms with Gasteiger partial charge in [0.25, 0.3) is 0 Å². The predicted molar refractivity (Wildman–Crippen MR) is 120 cm³/mol. The van der Waals surface area contributed by atoms with Crippen LogP contribution in [0.1, 0.15) is 39.0 Å². The van der Waals surface area contributed by atoms with Gasteiger partial charge < -0.3 is 19.7 Å². The van der Waals surface area contributed by atoms with E-state index in [1.54, 1.807) is 6.20 Å². The van der Waals surface area contributed by atoms with Crippen molar-refractivity contribution in [3.63, 3.8) is 0 Å². The molecule has 1 aliphatic rings. The fourth-order valence-corrected chi connectivity index (χ4v) is 5.22. The Bertz CT molecular complexity index is 935. The SMILES string of the molecule is CCO[C@@]1(C(O)O)C[C@@H](C(C)(C)C)CN(Cc2cnc(-c3cc(F)ccc3OC(F)F)s2)C1. The second-order valence-corrected chi connectivity index (χ2v) is 10.6. The molecule has 0 saturated carbocycles. The Balaban J connectivity index is 1.86. The van der Waals surface area contributed by atoms with Crippen molar-refractivity contribution in [1.29, 1.82) is 0 Å². The Morgan fingerprint density at radius 1 is 1.30 bits per heavy atom. The molecular formula is C23H31F3N2O4S. The van der Waals surface area contributed by atoms with E-state index in [1.807, 2.05) is 6.92 Å². The van der Waals surface area contributed by atoms with Crippen LogP contribution in [-0.4, -0.2) is 58.3 Å². The number of piperidine rings is 1. The average molecular weight is 489 g/mol. The molecule has 1 aromatic carbocycles. The van der Waals surface area contributed by atoms with Gasteiger partial charge in [0, 0.05) is 37.3 Å². The number of halogens is 3. The standard InChI is InChI=1S/C23H31F3N2O4S/c1-5-31-23(20(29)30)9-14(22(2,3)4)11-28(13-23)12-16-10-27-19(33-16)17-8-15(24)6-7-18(17)32-21(25)26/h6-8,10,14,20-21,29-30H,5,9,11-13H2,1-4H3/t14-,23+/m1/s1. The van der Waals surface area contributed by atoms with E-state index < -0.39 is 24.3 Å². The van der Waals surface area contributed by atoms with Crippen LogP contribution in [0.3, 0.4) is 0 Å². The van der Waals surface area contributed by atoms with Gasteiger partial charge in [0.2, 0.25) is 0 Å². The summed E-state index contributed by atoms with van der Waals surface area (Å²) in [5.41, 5.74) is -1.04. The molecule has 2 heterocycles. The van der Waals surface area contributed by atoms with E-state index in [1.165, 1.54) is 11.3 Å². The molecule has 3 rings (SSSR count). The number of benzene rings is 1. The zero-order valence-electron chi connectivity index (χ0n) is 19.2. The van der Waals surface area contributed by atoms with Gasteiger partial charge in [-0.1, -0.05) is 20.8 Å². The summed E-state index contributed by atoms with van der Waals surface area (Å²) in [5, 5.41) is 20.7. The van der Waals surface area contributed by atoms with Crippen LogP contribution in [0.2, 0.25) is 0 Å². The van der Waals surface area contributed by atoms with Crippen LogP contribution in [0.15, 0.2) is 24.4 Å². The van der Waals surface area contributed by atoms with Gasteiger partial charge in [-0.15, -0.1) is 11.3 Å². The second-order valence-electron chi connectivity index (χ2n) is 9.46. The summed E-state index contributed by atoms with van der Waals surface area (Å²) in [6, 6.07) is 3.35. The van der Waals surface area contributed by atoms with Crippen LogP contribution in [0, 0.1) is 17.2 Å². The lowest BCUT2D eigenvalue weighted by molar-refractivity contribution is -0.239. The van der Waals surface area contributed by atoms with Crippen molar-refractivity contribution in [3.8, 4) is 16.3 Å². The number of likely N-dealkylation sites (tertiary alicyclic amines) is 1. The van der Waals surface area contributed by atoms with E-state index in [9.17, 15) is 23.4 Å². The van der Waals surface area contributed by atoms with E-state index in [-0.39, 0.29) is 22.6 Å². The van der Waals surface area contributed by atoms with E-state index in [4.69, 9.17) is 4.74 Å². The molecular weight excluding hydrogens is 457 g/mol. The molecule has 0 spiro atoms. The minimum absolute atomic E-state index is 0.0855. The van der Waals surface area contributed by atoms with Crippen molar-refractivity contribution in [3.05, 3.63) is 35.1 Å². The van der Waals surface area contributed by atoms with Crippen LogP contribution in [0.25, 0.3) is 10.6 Å². The van der Waals surface area contributed by atoms with Gasteiger partial charge in [0.15, 0.2) is 6.29 Å². The first-order chi connectivity index (χ1) is 15.4. The monoisotopic (exact) mass is 488 g/mol. The number of nitrogens with zero attached hydrogens (tertiary/aromatic N) is 2. The third kappa shape index (κ3) is 6.24. The van der Waals surface area contributed by atoms with E-state index >= 15 is 0 Å². The molecule has 0 unspecified atom stereocenters. The van der Waals surface area contributed by atoms with Gasteiger partial charge in [0.05, 0.1) is 5.56 Å². The van der Waals surface area contributed by atoms with Crippen LogP contribution in [0.5, 0.6) is 5.75 Å². The van der Waals surface area contributed by atoms with Crippen LogP contribution in [0.4, 0.5) is 13.2 Å². The highest BCUT2D eigenvalue weighted by atomic mass is 32.1. The number of aliphatic hydroxyl groups is 2. The van der Waals surface area contributed by atoms with Crippen LogP contribution >= 0.6 is 11.3 Å². The Morgan fingerprint density at radius 3 is 2.64 bits per heavy atom. The molecule has 0 amide bonds. The number of aromatic nitrogens is 1. The third-order valence-corrected chi connectivity index (χ3v) is 7.03. The van der Waals surface area contributed by atoms with Crippen molar-refractivity contribution < 1.29 is 32.9 Å². The molecule has 6 nitrogen and oxygen atoms in total. The fraction of sp³-hybridized carbons (Fsp3) is 0.609. The highest BCUT2D eigenvalue weighted by Gasteiger charge is 2.48. The third-order valence-electron chi connectivity index (χ3n) is 6.01. The molecule has 1 saturated heterocycles. The fourth-order valence-electron chi connectivity index (χ4n) is 4.25. The quantitative estimate of drug-likeness (QED) is 0.533. The van der Waals surface area contributed by atoms with Crippen molar-refractivity contribution in [2.75, 3.05) is 19.7 Å². The Morgan fingerprint density at radius 2 is 2.03 bits per heavy atom. The highest BCUT2D eigenvalue weighted by molar-refractivity contribution is 7.15. The first-order valence-corrected chi connectivity index (χ1v) is 11.7.